The third-order valence-corrected chi connectivity index (χ3v) is 1.11. The lowest BCUT2D eigenvalue weighted by Gasteiger charge is -2.19. The van der Waals surface area contributed by atoms with E-state index in [1.807, 2.05) is 6.08 Å². The van der Waals surface area contributed by atoms with Gasteiger partial charge in [-0.05, 0) is 0 Å². The molecule has 0 aromatic rings. The minimum atomic E-state index is -0.418. The van der Waals surface area contributed by atoms with Gasteiger partial charge in [0, 0.05) is 12.7 Å². The Morgan fingerprint density at radius 3 is 2.89 bits per heavy atom. The number of nitrogens with two attached hydrogens (primary N) is 1. The van der Waals surface area contributed by atoms with Crippen LogP contribution in [0.25, 0.3) is 0 Å². The third kappa shape index (κ3) is 1.43. The zero-order chi connectivity index (χ0) is 6.69. The minimum Gasteiger partial charge on any atom is -0.351 e. The minimum absolute atomic E-state index is 0.418. The van der Waals surface area contributed by atoms with Gasteiger partial charge < -0.3 is 5.73 Å². The van der Waals surface area contributed by atoms with Crippen LogP contribution in [0.4, 0.5) is 4.79 Å². The fraction of sp³-hybridized carbons (Fsp3) is 0.400. The lowest BCUT2D eigenvalue weighted by Crippen LogP contribution is -2.41. The molecule has 0 fully saturated rings. The molecule has 0 unspecified atom stereocenters. The van der Waals surface area contributed by atoms with E-state index in [0.717, 1.165) is 6.54 Å². The van der Waals surface area contributed by atoms with Gasteiger partial charge in [0.2, 0.25) is 0 Å². The van der Waals surface area contributed by atoms with Crippen LogP contribution in [-0.4, -0.2) is 24.1 Å². The van der Waals surface area contributed by atoms with E-state index in [-0.39, 0.29) is 0 Å². The Bertz CT molecular complexity index is 143. The Morgan fingerprint density at radius 2 is 2.56 bits per heavy atom. The number of nitrogens with one attached hydrogen (secondary N) is 1. The van der Waals surface area contributed by atoms with Gasteiger partial charge >= 0.3 is 6.03 Å². The molecule has 1 aliphatic rings. The molecule has 0 aromatic carbocycles. The van der Waals surface area contributed by atoms with Crippen molar-refractivity contribution in [2.75, 3.05) is 13.2 Å². The highest BCUT2D eigenvalue weighted by molar-refractivity contribution is 5.73. The molecule has 1 heterocycles. The zero-order valence-electron chi connectivity index (χ0n) is 5.00. The first-order valence-corrected chi connectivity index (χ1v) is 2.74. The Morgan fingerprint density at radius 1 is 1.78 bits per heavy atom. The van der Waals surface area contributed by atoms with Crippen LogP contribution in [0.3, 0.4) is 0 Å². The van der Waals surface area contributed by atoms with Crippen LogP contribution in [0.2, 0.25) is 0 Å². The van der Waals surface area contributed by atoms with Gasteiger partial charge in [-0.3, -0.25) is 10.2 Å². The van der Waals surface area contributed by atoms with E-state index < -0.39 is 6.03 Å². The molecule has 4 heteroatoms. The molecule has 0 aliphatic carbocycles. The van der Waals surface area contributed by atoms with E-state index >= 15 is 0 Å². The standard InChI is InChI=1S/C5H9N3O/c6-5(9)8-3-1-2-7-4-8/h1,3,7H,2,4H2,(H2,6,9). The van der Waals surface area contributed by atoms with E-state index in [1.165, 1.54) is 4.90 Å². The van der Waals surface area contributed by atoms with E-state index in [9.17, 15) is 4.79 Å². The van der Waals surface area contributed by atoms with Crippen LogP contribution < -0.4 is 11.1 Å². The largest absolute Gasteiger partial charge is 0.351 e. The molecule has 1 aliphatic heterocycles. The lowest BCUT2D eigenvalue weighted by atomic mass is 10.5. The molecule has 1 rings (SSSR count). The topological polar surface area (TPSA) is 58.4 Å². The summed E-state index contributed by atoms with van der Waals surface area (Å²) in [4.78, 5) is 11.8. The highest BCUT2D eigenvalue weighted by Crippen LogP contribution is 1.90. The summed E-state index contributed by atoms with van der Waals surface area (Å²) >= 11 is 0. The number of rotatable bonds is 0. The maximum absolute atomic E-state index is 10.4. The molecule has 50 valence electrons. The fourth-order valence-electron chi connectivity index (χ4n) is 0.652. The number of hydrogen-bond donors (Lipinski definition) is 2. The van der Waals surface area contributed by atoms with E-state index in [2.05, 4.69) is 5.32 Å². The molecule has 0 saturated carbocycles. The van der Waals surface area contributed by atoms with E-state index in [4.69, 9.17) is 5.73 Å². The highest BCUT2D eigenvalue weighted by atomic mass is 16.2. The molecule has 2 amide bonds. The SMILES string of the molecule is NC(=O)N1C=CCNC1. The number of carbonyl (C=O) groups excluding carboxylic acids is 1. The number of urea groups is 1. The van der Waals surface area contributed by atoms with Gasteiger partial charge in [-0.2, -0.15) is 0 Å². The average Bonchev–Trinajstić information content (AvgIpc) is 1.90. The van der Waals surface area contributed by atoms with Gasteiger partial charge in [0.25, 0.3) is 0 Å². The van der Waals surface area contributed by atoms with Gasteiger partial charge in [-0.25, -0.2) is 4.79 Å². The fourth-order valence-corrected chi connectivity index (χ4v) is 0.652. The average molecular weight is 127 g/mol. The first kappa shape index (κ1) is 6.10. The third-order valence-electron chi connectivity index (χ3n) is 1.11. The quantitative estimate of drug-likeness (QED) is 0.458. The molecule has 0 bridgehead atoms. The van der Waals surface area contributed by atoms with Gasteiger partial charge in [0.15, 0.2) is 0 Å². The second-order valence-electron chi connectivity index (χ2n) is 1.81. The lowest BCUT2D eigenvalue weighted by molar-refractivity contribution is 0.220. The van der Waals surface area contributed by atoms with Crippen LogP contribution >= 0.6 is 0 Å². The predicted octanol–water partition coefficient (Wildman–Crippen LogP) is -0.558. The van der Waals surface area contributed by atoms with Gasteiger partial charge in [-0.15, -0.1) is 0 Å². The molecule has 9 heavy (non-hydrogen) atoms. The zero-order valence-corrected chi connectivity index (χ0v) is 5.00. The Hall–Kier alpha value is -1.03. The van der Waals surface area contributed by atoms with Crippen LogP contribution in [0.1, 0.15) is 0 Å². The van der Waals surface area contributed by atoms with Gasteiger partial charge in [0.05, 0.1) is 6.67 Å². The molecule has 0 atom stereocenters. The van der Waals surface area contributed by atoms with Crippen molar-refractivity contribution in [1.29, 1.82) is 0 Å². The summed E-state index contributed by atoms with van der Waals surface area (Å²) < 4.78 is 0. The van der Waals surface area contributed by atoms with Crippen molar-refractivity contribution in [3.63, 3.8) is 0 Å². The molecular formula is C5H9N3O. The normalized spacial score (nSPS) is 18.0. The predicted molar refractivity (Wildman–Crippen MR) is 33.4 cm³/mol. The molecule has 3 N–H and O–H groups in total. The van der Waals surface area contributed by atoms with Crippen molar-refractivity contribution in [3.05, 3.63) is 12.3 Å². The molecule has 0 radical (unpaired) electrons. The monoisotopic (exact) mass is 127 g/mol. The summed E-state index contributed by atoms with van der Waals surface area (Å²) in [5.41, 5.74) is 4.96. The Balaban J connectivity index is 2.50. The first-order valence-electron chi connectivity index (χ1n) is 2.74. The Kier molecular flexibility index (Phi) is 1.69. The van der Waals surface area contributed by atoms with Crippen LogP contribution in [0.15, 0.2) is 12.3 Å². The Labute approximate surface area is 53.3 Å². The summed E-state index contributed by atoms with van der Waals surface area (Å²) in [7, 11) is 0. The van der Waals surface area contributed by atoms with Crippen molar-refractivity contribution in [1.82, 2.24) is 10.2 Å². The van der Waals surface area contributed by atoms with Crippen molar-refractivity contribution in [2.45, 2.75) is 0 Å². The first-order chi connectivity index (χ1) is 4.30. The van der Waals surface area contributed by atoms with E-state index in [0.29, 0.717) is 6.67 Å². The number of hydrogen-bond acceptors (Lipinski definition) is 2. The van der Waals surface area contributed by atoms with Crippen molar-refractivity contribution < 1.29 is 4.79 Å². The smallest absolute Gasteiger partial charge is 0.319 e. The second kappa shape index (κ2) is 2.50. The van der Waals surface area contributed by atoms with Crippen LogP contribution in [-0.2, 0) is 0 Å². The summed E-state index contributed by atoms with van der Waals surface area (Å²) in [6.45, 7) is 1.33. The maximum Gasteiger partial charge on any atom is 0.319 e. The summed E-state index contributed by atoms with van der Waals surface area (Å²) in [5, 5.41) is 2.95. The van der Waals surface area contributed by atoms with E-state index in [1.54, 1.807) is 6.20 Å². The van der Waals surface area contributed by atoms with Crippen molar-refractivity contribution in [3.8, 4) is 0 Å². The molecule has 0 saturated heterocycles. The molecule has 4 nitrogen and oxygen atoms in total. The summed E-state index contributed by atoms with van der Waals surface area (Å²) in [6.07, 6.45) is 3.52. The molecule has 0 aromatic heterocycles. The van der Waals surface area contributed by atoms with Gasteiger partial charge in [-0.1, -0.05) is 6.08 Å². The number of carbonyl (C=O) groups is 1. The molecule has 0 spiro atoms. The maximum atomic E-state index is 10.4. The molecular weight excluding hydrogens is 118 g/mol. The van der Waals surface area contributed by atoms with Crippen LogP contribution in [0.5, 0.6) is 0 Å². The van der Waals surface area contributed by atoms with Crippen molar-refractivity contribution >= 4 is 6.03 Å². The second-order valence-corrected chi connectivity index (χ2v) is 1.81. The van der Waals surface area contributed by atoms with Crippen LogP contribution in [0, 0.1) is 0 Å². The van der Waals surface area contributed by atoms with Crippen molar-refractivity contribution in [2.24, 2.45) is 5.73 Å². The number of primary amides is 1. The number of nitrogens with zero attached hydrogens (tertiary/aromatic N) is 1. The number of amides is 2. The summed E-state index contributed by atoms with van der Waals surface area (Å²) in [6, 6.07) is -0.418. The summed E-state index contributed by atoms with van der Waals surface area (Å²) in [5.74, 6) is 0. The van der Waals surface area contributed by atoms with Gasteiger partial charge in [0.1, 0.15) is 0 Å². The highest BCUT2D eigenvalue weighted by Gasteiger charge is 2.05.